The Balaban J connectivity index is 2.10. The second-order valence-electron chi connectivity index (χ2n) is 4.19. The number of aromatic nitrogens is 2. The third-order valence-corrected chi connectivity index (χ3v) is 4.68. The summed E-state index contributed by atoms with van der Waals surface area (Å²) in [4.78, 5) is 20.1. The van der Waals surface area contributed by atoms with Gasteiger partial charge in [0.1, 0.15) is 6.61 Å². The molecule has 1 fully saturated rings. The molecule has 1 saturated heterocycles. The van der Waals surface area contributed by atoms with Crippen LogP contribution in [0.5, 0.6) is 5.88 Å². The summed E-state index contributed by atoms with van der Waals surface area (Å²) in [7, 11) is -0.872. The number of nitrogens with zero attached hydrogens (tertiary/aromatic N) is 2. The summed E-state index contributed by atoms with van der Waals surface area (Å²) in [6, 6.07) is 0. The predicted molar refractivity (Wildman–Crippen MR) is 65.7 cm³/mol. The van der Waals surface area contributed by atoms with Crippen molar-refractivity contribution < 1.29 is 28.2 Å². The van der Waals surface area contributed by atoms with Gasteiger partial charge < -0.3 is 19.1 Å². The Morgan fingerprint density at radius 3 is 2.80 bits per heavy atom. The summed E-state index contributed by atoms with van der Waals surface area (Å²) < 4.78 is 26.8. The van der Waals surface area contributed by atoms with E-state index >= 15 is 0 Å². The van der Waals surface area contributed by atoms with Crippen molar-refractivity contribution in [3.63, 3.8) is 0 Å². The van der Waals surface area contributed by atoms with Gasteiger partial charge in [-0.1, -0.05) is 0 Å². The Kier molecular flexibility index (Phi) is 3.58. The van der Waals surface area contributed by atoms with Crippen LogP contribution < -0.4 is 9.63 Å². The monoisotopic (exact) mass is 322 g/mol. The Labute approximate surface area is 120 Å². The fraction of sp³-hybridized carbons (Fsp3) is 0.600. The zero-order chi connectivity index (χ0) is 14.4. The lowest BCUT2D eigenvalue weighted by Gasteiger charge is -2.46. The van der Waals surface area contributed by atoms with Gasteiger partial charge in [0, 0.05) is 26.6 Å². The van der Waals surface area contributed by atoms with Gasteiger partial charge in [0.2, 0.25) is 12.0 Å². The van der Waals surface area contributed by atoms with Crippen LogP contribution in [0.1, 0.15) is 5.69 Å². The molecule has 0 N–H and O–H groups in total. The second-order valence-corrected chi connectivity index (χ2v) is 6.77. The van der Waals surface area contributed by atoms with Crippen molar-refractivity contribution in [2.45, 2.75) is 18.0 Å². The Morgan fingerprint density at radius 1 is 1.40 bits per heavy atom. The fourth-order valence-electron chi connectivity index (χ4n) is 2.33. The first-order chi connectivity index (χ1) is 9.52. The third-order valence-electron chi connectivity index (χ3n) is 3.21. The number of fused-ring (bicyclic) bond motifs is 2. The van der Waals surface area contributed by atoms with Crippen LogP contribution in [-0.2, 0) is 24.3 Å². The normalized spacial score (nSPS) is 34.8. The van der Waals surface area contributed by atoms with Gasteiger partial charge in [-0.15, -0.1) is 0 Å². The van der Waals surface area contributed by atoms with Crippen molar-refractivity contribution in [3.8, 4) is 5.88 Å². The largest absolute Gasteiger partial charge is 0.617 e. The summed E-state index contributed by atoms with van der Waals surface area (Å²) in [6.45, 7) is -0.0318. The van der Waals surface area contributed by atoms with Gasteiger partial charge in [-0.2, -0.15) is 9.05 Å². The maximum atomic E-state index is 11.8. The molecule has 0 spiro atoms. The highest BCUT2D eigenvalue weighted by molar-refractivity contribution is 7.85. The average Bonchev–Trinajstić information content (AvgIpc) is 2.45. The van der Waals surface area contributed by atoms with Gasteiger partial charge in [0.15, 0.2) is 23.0 Å². The molecule has 1 unspecified atom stereocenters. The first kappa shape index (κ1) is 14.3. The molecule has 0 bridgehead atoms. The zero-order valence-electron chi connectivity index (χ0n) is 10.7. The average molecular weight is 323 g/mol. The van der Waals surface area contributed by atoms with Gasteiger partial charge in [-0.3, -0.25) is 0 Å². The molecule has 3 atom stereocenters. The van der Waals surface area contributed by atoms with E-state index in [2.05, 4.69) is 9.97 Å². The second kappa shape index (κ2) is 4.99. The first-order valence-electron chi connectivity index (χ1n) is 5.73. The van der Waals surface area contributed by atoms with Crippen LogP contribution >= 0.6 is 18.5 Å². The van der Waals surface area contributed by atoms with Crippen LogP contribution in [0.15, 0.2) is 12.4 Å². The lowest BCUT2D eigenvalue weighted by molar-refractivity contribution is -0.318. The van der Waals surface area contributed by atoms with Crippen LogP contribution in [0, 0.1) is 0 Å². The van der Waals surface area contributed by atoms with Crippen LogP contribution in [-0.4, -0.2) is 43.0 Å². The van der Waals surface area contributed by atoms with Crippen molar-refractivity contribution in [2.75, 3.05) is 20.8 Å². The van der Waals surface area contributed by atoms with Crippen molar-refractivity contribution in [2.24, 2.45) is 0 Å². The van der Waals surface area contributed by atoms with Gasteiger partial charge in [0.25, 0.3) is 5.79 Å². The Bertz CT molecular complexity index is 514. The molecule has 1 aromatic rings. The molecule has 0 aliphatic carbocycles. The highest BCUT2D eigenvalue weighted by Gasteiger charge is 2.62. The molecule has 110 valence electrons. The van der Waals surface area contributed by atoms with E-state index in [9.17, 15) is 4.89 Å². The first-order valence-corrected chi connectivity index (χ1v) is 8.18. The molecule has 0 amide bonds. The van der Waals surface area contributed by atoms with Crippen molar-refractivity contribution in [1.82, 2.24) is 9.97 Å². The van der Waals surface area contributed by atoms with E-state index in [1.54, 1.807) is 0 Å². The van der Waals surface area contributed by atoms with Gasteiger partial charge in [0.05, 0.1) is 0 Å². The molecule has 0 aromatic carbocycles. The molecule has 1 aromatic heterocycles. The molecule has 8 nitrogen and oxygen atoms in total. The molecule has 3 rings (SSSR count). The molecule has 2 aliphatic heterocycles. The van der Waals surface area contributed by atoms with Crippen LogP contribution in [0.3, 0.4) is 0 Å². The SMILES string of the molecule is COC1(OC)c2nccnc2O[C@@H]2CO[P+]([O-])(Cl)O[C@@H]21. The lowest BCUT2D eigenvalue weighted by atomic mass is 9.98. The van der Waals surface area contributed by atoms with Crippen molar-refractivity contribution in [3.05, 3.63) is 18.1 Å². The molecule has 10 heteroatoms. The quantitative estimate of drug-likeness (QED) is 0.569. The van der Waals surface area contributed by atoms with Gasteiger partial charge in [-0.05, 0) is 0 Å². The van der Waals surface area contributed by atoms with E-state index in [0.29, 0.717) is 5.69 Å². The van der Waals surface area contributed by atoms with Crippen LogP contribution in [0.2, 0.25) is 0 Å². The topological polar surface area (TPSA) is 95.0 Å². The molecule has 2 aliphatic rings. The summed E-state index contributed by atoms with van der Waals surface area (Å²) in [5, 5.41) is 0. The number of hydrogen-bond acceptors (Lipinski definition) is 8. The lowest BCUT2D eigenvalue weighted by Crippen LogP contribution is -2.59. The minimum Gasteiger partial charge on any atom is -0.617 e. The third kappa shape index (κ3) is 2.08. The maximum absolute atomic E-state index is 11.8. The molecule has 3 heterocycles. The summed E-state index contributed by atoms with van der Waals surface area (Å²) in [5.74, 6) is -1.17. The molecule has 0 saturated carbocycles. The minimum atomic E-state index is -3.71. The summed E-state index contributed by atoms with van der Waals surface area (Å²) in [6.07, 6.45) is 1.43. The number of rotatable bonds is 2. The van der Waals surface area contributed by atoms with E-state index in [4.69, 9.17) is 34.5 Å². The van der Waals surface area contributed by atoms with Gasteiger partial charge >= 0.3 is 7.30 Å². The molecule has 0 radical (unpaired) electrons. The van der Waals surface area contributed by atoms with E-state index < -0.39 is 25.3 Å². The highest BCUT2D eigenvalue weighted by Crippen LogP contribution is 2.64. The number of ether oxygens (including phenoxy) is 3. The zero-order valence-corrected chi connectivity index (χ0v) is 12.3. The number of methoxy groups -OCH3 is 2. The molecule has 20 heavy (non-hydrogen) atoms. The smallest absolute Gasteiger partial charge is 0.339 e. The van der Waals surface area contributed by atoms with Crippen LogP contribution in [0.4, 0.5) is 0 Å². The Morgan fingerprint density at radius 2 is 2.10 bits per heavy atom. The Hall–Kier alpha value is -0.600. The van der Waals surface area contributed by atoms with Crippen molar-refractivity contribution in [1.29, 1.82) is 0 Å². The summed E-state index contributed by atoms with van der Waals surface area (Å²) in [5.41, 5.74) is 0.296. The standard InChI is InChI=1S/C10H12ClN2O6P/c1-15-10(16-2)7-9(13-4-3-12-7)18-6-5-17-20(11,14)19-8(6)10/h3-4,6,8H,5H2,1-2H3/t6-,8+,20?/m1/s1. The minimum absolute atomic E-state index is 0.0318. The highest BCUT2D eigenvalue weighted by atomic mass is 35.7. The molecular formula is C10H12ClN2O6P. The molecular weight excluding hydrogens is 311 g/mol. The van der Waals surface area contributed by atoms with E-state index in [0.717, 1.165) is 0 Å². The van der Waals surface area contributed by atoms with Crippen molar-refractivity contribution >= 4 is 18.5 Å². The van der Waals surface area contributed by atoms with Crippen LogP contribution in [0.25, 0.3) is 0 Å². The van der Waals surface area contributed by atoms with Gasteiger partial charge in [-0.25, -0.2) is 9.97 Å². The van der Waals surface area contributed by atoms with E-state index in [1.807, 2.05) is 0 Å². The summed E-state index contributed by atoms with van der Waals surface area (Å²) >= 11 is 5.67. The fourth-order valence-corrected chi connectivity index (χ4v) is 3.69. The predicted octanol–water partition coefficient (Wildman–Crippen LogP) is 0.375. The van der Waals surface area contributed by atoms with E-state index in [-0.39, 0.29) is 12.5 Å². The van der Waals surface area contributed by atoms with E-state index in [1.165, 1.54) is 26.6 Å². The number of hydrogen-bond donors (Lipinski definition) is 0. The number of halogens is 1. The maximum Gasteiger partial charge on any atom is 0.339 e.